The molecule has 2 amide bonds. The van der Waals surface area contributed by atoms with Crippen LogP contribution in [0.2, 0.25) is 0 Å². The lowest BCUT2D eigenvalue weighted by molar-refractivity contribution is 0.223. The van der Waals surface area contributed by atoms with Crippen LogP contribution in [-0.2, 0) is 6.42 Å². The largest absolute Gasteiger partial charge is 0.496 e. The van der Waals surface area contributed by atoms with E-state index in [9.17, 15) is 4.79 Å². The van der Waals surface area contributed by atoms with Crippen molar-refractivity contribution in [1.29, 1.82) is 0 Å². The van der Waals surface area contributed by atoms with Gasteiger partial charge in [-0.25, -0.2) is 4.79 Å². The molecule has 25 heavy (non-hydrogen) atoms. The monoisotopic (exact) mass is 342 g/mol. The molecule has 134 valence electrons. The first-order valence-electron chi connectivity index (χ1n) is 8.36. The lowest BCUT2D eigenvalue weighted by Gasteiger charge is -2.15. The van der Waals surface area contributed by atoms with E-state index in [0.717, 1.165) is 28.2 Å². The lowest BCUT2D eigenvalue weighted by Crippen LogP contribution is -2.38. The third-order valence-corrected chi connectivity index (χ3v) is 4.20. The predicted octanol–water partition coefficient (Wildman–Crippen LogP) is 3.50. The molecule has 2 N–H and O–H groups in total. The Labute approximate surface area is 149 Å². The number of hydrogen-bond acceptors (Lipinski definition) is 3. The molecule has 0 fully saturated rings. The number of methoxy groups -OCH3 is 1. The van der Waals surface area contributed by atoms with Crippen molar-refractivity contribution in [3.05, 3.63) is 58.7 Å². The molecule has 2 aromatic rings. The maximum atomic E-state index is 11.9. The molecule has 0 spiro atoms. The number of para-hydroxylation sites is 1. The quantitative estimate of drug-likeness (QED) is 0.757. The summed E-state index contributed by atoms with van der Waals surface area (Å²) in [6.45, 7) is 6.71. The molecule has 5 nitrogen and oxygen atoms in total. The highest BCUT2D eigenvalue weighted by Gasteiger charge is 2.07. The first-order chi connectivity index (χ1) is 12.0. The summed E-state index contributed by atoms with van der Waals surface area (Å²) in [6, 6.07) is 11.6. The van der Waals surface area contributed by atoms with Gasteiger partial charge in [0.25, 0.3) is 0 Å². The van der Waals surface area contributed by atoms with Gasteiger partial charge in [0.05, 0.1) is 7.11 Å². The topological polar surface area (TPSA) is 59.6 Å². The van der Waals surface area contributed by atoms with Gasteiger partial charge in [0.15, 0.2) is 6.73 Å². The SMILES string of the molecule is COc1ccccc1CCNC(=O)NCOc1c(C)ccc(C)c1C. The summed E-state index contributed by atoms with van der Waals surface area (Å²) in [7, 11) is 1.64. The summed E-state index contributed by atoms with van der Waals surface area (Å²) < 4.78 is 11.0. The van der Waals surface area contributed by atoms with Gasteiger partial charge < -0.3 is 20.1 Å². The van der Waals surface area contributed by atoms with Crippen LogP contribution in [0.25, 0.3) is 0 Å². The fourth-order valence-corrected chi connectivity index (χ4v) is 2.60. The molecule has 0 heterocycles. The van der Waals surface area contributed by atoms with Crippen LogP contribution in [0.3, 0.4) is 0 Å². The highest BCUT2D eigenvalue weighted by Crippen LogP contribution is 2.25. The number of hydrogen-bond donors (Lipinski definition) is 2. The van der Waals surface area contributed by atoms with Crippen molar-refractivity contribution in [3.63, 3.8) is 0 Å². The van der Waals surface area contributed by atoms with Gasteiger partial charge in [-0.3, -0.25) is 0 Å². The summed E-state index contributed by atoms with van der Waals surface area (Å²) in [4.78, 5) is 11.9. The Kier molecular flexibility index (Phi) is 6.69. The smallest absolute Gasteiger partial charge is 0.317 e. The van der Waals surface area contributed by atoms with Crippen molar-refractivity contribution in [1.82, 2.24) is 10.6 Å². The molecule has 0 saturated heterocycles. The van der Waals surface area contributed by atoms with E-state index < -0.39 is 0 Å². The van der Waals surface area contributed by atoms with Crippen LogP contribution in [0.5, 0.6) is 11.5 Å². The molecule has 0 radical (unpaired) electrons. The van der Waals surface area contributed by atoms with E-state index in [1.165, 1.54) is 5.56 Å². The van der Waals surface area contributed by atoms with Gasteiger partial charge in [-0.15, -0.1) is 0 Å². The second-order valence-corrected chi connectivity index (χ2v) is 5.94. The molecule has 0 aliphatic heterocycles. The van der Waals surface area contributed by atoms with Gasteiger partial charge >= 0.3 is 6.03 Å². The highest BCUT2D eigenvalue weighted by atomic mass is 16.5. The molecule has 0 aliphatic carbocycles. The molecule has 2 aromatic carbocycles. The molecule has 0 aromatic heterocycles. The maximum Gasteiger partial charge on any atom is 0.317 e. The Morgan fingerprint density at radius 1 is 1.00 bits per heavy atom. The molecule has 0 unspecified atom stereocenters. The number of carbonyl (C=O) groups excluding carboxylic acids is 1. The second-order valence-electron chi connectivity index (χ2n) is 5.94. The fourth-order valence-electron chi connectivity index (χ4n) is 2.60. The third kappa shape index (κ3) is 5.14. The van der Waals surface area contributed by atoms with E-state index >= 15 is 0 Å². The van der Waals surface area contributed by atoms with E-state index in [4.69, 9.17) is 9.47 Å². The number of aryl methyl sites for hydroxylation is 2. The van der Waals surface area contributed by atoms with Gasteiger partial charge in [0.2, 0.25) is 0 Å². The summed E-state index contributed by atoms with van der Waals surface area (Å²) >= 11 is 0. The molecular formula is C20H26N2O3. The Bertz CT molecular complexity index is 729. The standard InChI is InChI=1S/C20H26N2O3/c1-14-9-10-15(2)19(16(14)3)25-13-22-20(23)21-12-11-17-7-5-6-8-18(17)24-4/h5-10H,11-13H2,1-4H3,(H2,21,22,23). The van der Waals surface area contributed by atoms with Crippen molar-refractivity contribution < 1.29 is 14.3 Å². The van der Waals surface area contributed by atoms with E-state index in [1.54, 1.807) is 7.11 Å². The number of nitrogens with one attached hydrogen (secondary N) is 2. The number of ether oxygens (including phenoxy) is 2. The van der Waals surface area contributed by atoms with E-state index in [-0.39, 0.29) is 12.8 Å². The Morgan fingerprint density at radius 2 is 1.72 bits per heavy atom. The summed E-state index contributed by atoms with van der Waals surface area (Å²) in [5.74, 6) is 1.66. The number of rotatable bonds is 7. The van der Waals surface area contributed by atoms with Crippen molar-refractivity contribution in [2.75, 3.05) is 20.4 Å². The van der Waals surface area contributed by atoms with Gasteiger partial charge in [-0.05, 0) is 55.5 Å². The molecule has 0 bridgehead atoms. The third-order valence-electron chi connectivity index (χ3n) is 4.20. The van der Waals surface area contributed by atoms with Crippen LogP contribution >= 0.6 is 0 Å². The number of carbonyl (C=O) groups is 1. The van der Waals surface area contributed by atoms with E-state index in [1.807, 2.05) is 51.1 Å². The summed E-state index contributed by atoms with van der Waals surface area (Å²) in [6.07, 6.45) is 0.703. The lowest BCUT2D eigenvalue weighted by atomic mass is 10.1. The van der Waals surface area contributed by atoms with Crippen molar-refractivity contribution >= 4 is 6.03 Å². The Morgan fingerprint density at radius 3 is 2.48 bits per heavy atom. The molecule has 0 aliphatic rings. The van der Waals surface area contributed by atoms with Gasteiger partial charge in [0, 0.05) is 6.54 Å². The highest BCUT2D eigenvalue weighted by molar-refractivity contribution is 5.73. The van der Waals surface area contributed by atoms with E-state index in [0.29, 0.717) is 13.0 Å². The molecule has 0 saturated carbocycles. The number of benzene rings is 2. The summed E-state index contributed by atoms with van der Waals surface area (Å²) in [5.41, 5.74) is 4.38. The van der Waals surface area contributed by atoms with Crippen LogP contribution in [0.4, 0.5) is 4.79 Å². The zero-order valence-electron chi connectivity index (χ0n) is 15.3. The van der Waals surface area contributed by atoms with Gasteiger partial charge in [0.1, 0.15) is 11.5 Å². The molecular weight excluding hydrogens is 316 g/mol. The van der Waals surface area contributed by atoms with Crippen LogP contribution in [0.1, 0.15) is 22.3 Å². The zero-order chi connectivity index (χ0) is 18.2. The van der Waals surface area contributed by atoms with Crippen LogP contribution in [-0.4, -0.2) is 26.4 Å². The maximum absolute atomic E-state index is 11.9. The molecule has 2 rings (SSSR count). The molecule has 5 heteroatoms. The summed E-state index contributed by atoms with van der Waals surface area (Å²) in [5, 5.41) is 5.54. The molecule has 0 atom stereocenters. The average Bonchev–Trinajstić information content (AvgIpc) is 2.61. The normalized spacial score (nSPS) is 10.2. The number of amides is 2. The van der Waals surface area contributed by atoms with E-state index in [2.05, 4.69) is 16.7 Å². The average molecular weight is 342 g/mol. The fraction of sp³-hybridized carbons (Fsp3) is 0.350. The minimum Gasteiger partial charge on any atom is -0.496 e. The Hall–Kier alpha value is -2.69. The minimum absolute atomic E-state index is 0.131. The minimum atomic E-state index is -0.252. The Balaban J connectivity index is 1.75. The van der Waals surface area contributed by atoms with Gasteiger partial charge in [-0.1, -0.05) is 30.3 Å². The predicted molar refractivity (Wildman–Crippen MR) is 99.4 cm³/mol. The van der Waals surface area contributed by atoms with Crippen molar-refractivity contribution in [2.24, 2.45) is 0 Å². The van der Waals surface area contributed by atoms with Gasteiger partial charge in [-0.2, -0.15) is 0 Å². The van der Waals surface area contributed by atoms with Crippen molar-refractivity contribution in [2.45, 2.75) is 27.2 Å². The first kappa shape index (κ1) is 18.6. The van der Waals surface area contributed by atoms with Crippen LogP contribution < -0.4 is 20.1 Å². The van der Waals surface area contributed by atoms with Crippen molar-refractivity contribution in [3.8, 4) is 11.5 Å². The number of urea groups is 1. The van der Waals surface area contributed by atoms with Crippen LogP contribution in [0, 0.1) is 20.8 Å². The zero-order valence-corrected chi connectivity index (χ0v) is 15.3. The second kappa shape index (κ2) is 8.97. The van der Waals surface area contributed by atoms with Crippen LogP contribution in [0.15, 0.2) is 36.4 Å². The first-order valence-corrected chi connectivity index (χ1v) is 8.36.